The molecule has 6 nitrogen and oxygen atoms in total. The van der Waals surface area contributed by atoms with Gasteiger partial charge in [0, 0.05) is 7.05 Å². The molecule has 0 bridgehead atoms. The van der Waals surface area contributed by atoms with Crippen molar-refractivity contribution in [3.63, 3.8) is 0 Å². The maximum Gasteiger partial charge on any atom is 0.324 e. The molecule has 1 aromatic heterocycles. The molecule has 6 heteroatoms. The van der Waals surface area contributed by atoms with Crippen LogP contribution >= 0.6 is 0 Å². The Kier molecular flexibility index (Phi) is 8.47. The molecule has 1 rings (SSSR count). The molecule has 0 aliphatic carbocycles. The van der Waals surface area contributed by atoms with Crippen molar-refractivity contribution in [3.8, 4) is 12.0 Å². The van der Waals surface area contributed by atoms with Gasteiger partial charge in [-0.25, -0.2) is 0 Å². The standard InChI is InChI=1S/C15H28N4O2/c1-5-6-7-8-9-10-11-20-14-17-13(16-4)18-15(19-14)21-12(2)3/h12H,5-11H2,1-4H3,(H,16,17,18,19). The minimum atomic E-state index is 0.0171. The summed E-state index contributed by atoms with van der Waals surface area (Å²) in [5, 5.41) is 2.88. The van der Waals surface area contributed by atoms with Crippen LogP contribution in [0.25, 0.3) is 0 Å². The van der Waals surface area contributed by atoms with Gasteiger partial charge in [0.15, 0.2) is 0 Å². The third-order valence-electron chi connectivity index (χ3n) is 2.89. The van der Waals surface area contributed by atoms with Crippen molar-refractivity contribution in [1.82, 2.24) is 15.0 Å². The highest BCUT2D eigenvalue weighted by Crippen LogP contribution is 2.14. The third-order valence-corrected chi connectivity index (χ3v) is 2.89. The lowest BCUT2D eigenvalue weighted by atomic mass is 10.1. The summed E-state index contributed by atoms with van der Waals surface area (Å²) in [6.45, 7) is 6.71. The fourth-order valence-electron chi connectivity index (χ4n) is 1.82. The maximum absolute atomic E-state index is 5.60. The Morgan fingerprint density at radius 3 is 2.29 bits per heavy atom. The van der Waals surface area contributed by atoms with Crippen molar-refractivity contribution in [1.29, 1.82) is 0 Å². The Morgan fingerprint density at radius 2 is 1.62 bits per heavy atom. The number of rotatable bonds is 11. The number of hydrogen-bond acceptors (Lipinski definition) is 6. The van der Waals surface area contributed by atoms with Crippen molar-refractivity contribution < 1.29 is 9.47 Å². The summed E-state index contributed by atoms with van der Waals surface area (Å²) in [7, 11) is 1.76. The van der Waals surface area contributed by atoms with E-state index >= 15 is 0 Å². The van der Waals surface area contributed by atoms with E-state index in [1.165, 1.54) is 32.1 Å². The number of nitrogens with one attached hydrogen (secondary N) is 1. The first-order chi connectivity index (χ1) is 10.2. The molecule has 120 valence electrons. The van der Waals surface area contributed by atoms with Gasteiger partial charge >= 0.3 is 12.0 Å². The van der Waals surface area contributed by atoms with Crippen LogP contribution in [0.3, 0.4) is 0 Å². The van der Waals surface area contributed by atoms with Gasteiger partial charge in [0.1, 0.15) is 0 Å². The smallest absolute Gasteiger partial charge is 0.324 e. The molecular formula is C15H28N4O2. The SMILES string of the molecule is CCCCCCCCOc1nc(NC)nc(OC(C)C)n1. The van der Waals surface area contributed by atoms with E-state index in [0.29, 0.717) is 24.6 Å². The van der Waals surface area contributed by atoms with Crippen LogP contribution in [0.15, 0.2) is 0 Å². The molecule has 0 spiro atoms. The van der Waals surface area contributed by atoms with Crippen molar-refractivity contribution >= 4 is 5.95 Å². The molecular weight excluding hydrogens is 268 g/mol. The van der Waals surface area contributed by atoms with E-state index in [0.717, 1.165) is 6.42 Å². The van der Waals surface area contributed by atoms with E-state index in [-0.39, 0.29) is 6.10 Å². The monoisotopic (exact) mass is 296 g/mol. The highest BCUT2D eigenvalue weighted by Gasteiger charge is 2.09. The van der Waals surface area contributed by atoms with Crippen molar-refractivity contribution in [2.45, 2.75) is 65.4 Å². The number of hydrogen-bond donors (Lipinski definition) is 1. The largest absolute Gasteiger partial charge is 0.463 e. The Morgan fingerprint density at radius 1 is 0.952 bits per heavy atom. The number of anilines is 1. The molecule has 0 saturated heterocycles. The molecule has 0 aromatic carbocycles. The second kappa shape index (κ2) is 10.2. The van der Waals surface area contributed by atoms with Gasteiger partial charge in [-0.15, -0.1) is 4.98 Å². The molecule has 0 saturated carbocycles. The van der Waals surface area contributed by atoms with Crippen LogP contribution in [0.5, 0.6) is 12.0 Å². The molecule has 0 amide bonds. The first-order valence-corrected chi connectivity index (χ1v) is 7.89. The van der Waals surface area contributed by atoms with Crippen LogP contribution in [-0.2, 0) is 0 Å². The zero-order chi connectivity index (χ0) is 15.5. The maximum atomic E-state index is 5.60. The number of ether oxygens (including phenoxy) is 2. The molecule has 1 heterocycles. The van der Waals surface area contributed by atoms with Crippen LogP contribution in [0.1, 0.15) is 59.3 Å². The Hall–Kier alpha value is -1.59. The van der Waals surface area contributed by atoms with Gasteiger partial charge in [-0.3, -0.25) is 0 Å². The van der Waals surface area contributed by atoms with Crippen LogP contribution in [0.2, 0.25) is 0 Å². The molecule has 0 atom stereocenters. The fourth-order valence-corrected chi connectivity index (χ4v) is 1.82. The predicted molar refractivity (Wildman–Crippen MR) is 84.0 cm³/mol. The molecule has 0 aliphatic heterocycles. The fraction of sp³-hybridized carbons (Fsp3) is 0.800. The minimum absolute atomic E-state index is 0.0171. The zero-order valence-corrected chi connectivity index (χ0v) is 13.7. The average Bonchev–Trinajstić information content (AvgIpc) is 2.45. The average molecular weight is 296 g/mol. The van der Waals surface area contributed by atoms with Gasteiger partial charge in [0.05, 0.1) is 12.7 Å². The summed E-state index contributed by atoms with van der Waals surface area (Å²) >= 11 is 0. The summed E-state index contributed by atoms with van der Waals surface area (Å²) in [5.74, 6) is 0.457. The Bertz CT molecular complexity index is 399. The van der Waals surface area contributed by atoms with Gasteiger partial charge in [0.2, 0.25) is 5.95 Å². The second-order valence-electron chi connectivity index (χ2n) is 5.26. The first-order valence-electron chi connectivity index (χ1n) is 7.89. The van der Waals surface area contributed by atoms with Crippen LogP contribution in [0.4, 0.5) is 5.95 Å². The van der Waals surface area contributed by atoms with E-state index in [2.05, 4.69) is 27.2 Å². The number of unbranched alkanes of at least 4 members (excludes halogenated alkanes) is 5. The summed E-state index contributed by atoms with van der Waals surface area (Å²) < 4.78 is 11.1. The summed E-state index contributed by atoms with van der Waals surface area (Å²) in [6, 6.07) is 0.612. The van der Waals surface area contributed by atoms with Crippen molar-refractivity contribution in [3.05, 3.63) is 0 Å². The molecule has 21 heavy (non-hydrogen) atoms. The third kappa shape index (κ3) is 7.68. The zero-order valence-electron chi connectivity index (χ0n) is 13.7. The molecule has 1 aromatic rings. The van der Waals surface area contributed by atoms with Crippen LogP contribution in [-0.4, -0.2) is 34.7 Å². The highest BCUT2D eigenvalue weighted by molar-refractivity contribution is 5.26. The lowest BCUT2D eigenvalue weighted by molar-refractivity contribution is 0.212. The minimum Gasteiger partial charge on any atom is -0.463 e. The number of nitrogens with zero attached hydrogens (tertiary/aromatic N) is 3. The summed E-state index contributed by atoms with van der Waals surface area (Å²) in [4.78, 5) is 12.5. The first kappa shape index (κ1) is 17.5. The number of aromatic nitrogens is 3. The van der Waals surface area contributed by atoms with Crippen LogP contribution in [0, 0.1) is 0 Å². The Balaban J connectivity index is 2.39. The molecule has 0 fully saturated rings. The van der Waals surface area contributed by atoms with Gasteiger partial charge < -0.3 is 14.8 Å². The van der Waals surface area contributed by atoms with E-state index < -0.39 is 0 Å². The second-order valence-corrected chi connectivity index (χ2v) is 5.26. The normalized spacial score (nSPS) is 10.7. The molecule has 1 N–H and O–H groups in total. The van der Waals surface area contributed by atoms with E-state index in [4.69, 9.17) is 9.47 Å². The van der Waals surface area contributed by atoms with Crippen LogP contribution < -0.4 is 14.8 Å². The molecule has 0 radical (unpaired) electrons. The van der Waals surface area contributed by atoms with Crippen molar-refractivity contribution in [2.24, 2.45) is 0 Å². The van der Waals surface area contributed by atoms with E-state index in [1.807, 2.05) is 13.8 Å². The van der Waals surface area contributed by atoms with Crippen molar-refractivity contribution in [2.75, 3.05) is 19.0 Å². The lowest BCUT2D eigenvalue weighted by Crippen LogP contribution is -2.12. The highest BCUT2D eigenvalue weighted by atomic mass is 16.5. The van der Waals surface area contributed by atoms with Gasteiger partial charge in [-0.05, 0) is 20.3 Å². The topological polar surface area (TPSA) is 69.2 Å². The summed E-state index contributed by atoms with van der Waals surface area (Å²) in [5.41, 5.74) is 0. The lowest BCUT2D eigenvalue weighted by Gasteiger charge is -2.10. The predicted octanol–water partition coefficient (Wildman–Crippen LogP) is 3.44. The molecule has 0 unspecified atom stereocenters. The van der Waals surface area contributed by atoms with Gasteiger partial charge in [-0.1, -0.05) is 39.0 Å². The quantitative estimate of drug-likeness (QED) is 0.631. The van der Waals surface area contributed by atoms with Gasteiger partial charge in [0.25, 0.3) is 0 Å². The van der Waals surface area contributed by atoms with E-state index in [9.17, 15) is 0 Å². The van der Waals surface area contributed by atoms with E-state index in [1.54, 1.807) is 7.05 Å². The van der Waals surface area contributed by atoms with Gasteiger partial charge in [-0.2, -0.15) is 9.97 Å². The Labute approximate surface area is 127 Å². The molecule has 0 aliphatic rings. The summed E-state index contributed by atoms with van der Waals surface area (Å²) in [6.07, 6.45) is 7.37.